The molecule has 0 atom stereocenters. The molecule has 0 amide bonds. The fourth-order valence-corrected chi connectivity index (χ4v) is 9.46. The minimum absolute atomic E-state index is 0. The molecule has 0 unspecified atom stereocenters. The Kier molecular flexibility index (Phi) is 21.5. The minimum atomic E-state index is -6.11. The summed E-state index contributed by atoms with van der Waals surface area (Å²) in [4.78, 5) is 76.5. The quantitative estimate of drug-likeness (QED) is 0.0883. The third-order valence-corrected chi connectivity index (χ3v) is 11.1. The van der Waals surface area contributed by atoms with Gasteiger partial charge >= 0.3 is 106 Å². The summed E-state index contributed by atoms with van der Waals surface area (Å²) in [6.45, 7) is 0. The van der Waals surface area contributed by atoms with E-state index in [4.69, 9.17) is 48.6 Å². The Bertz CT molecular complexity index is 728. The van der Waals surface area contributed by atoms with Gasteiger partial charge in [-0.15, -0.1) is 0 Å². The molecule has 1 aliphatic heterocycles. The second kappa shape index (κ2) is 15.5. The second-order valence-corrected chi connectivity index (χ2v) is 14.3. The van der Waals surface area contributed by atoms with Gasteiger partial charge in [-0.1, -0.05) is 0 Å². The molecule has 1 aliphatic rings. The van der Waals surface area contributed by atoms with Gasteiger partial charge < -0.3 is 56.4 Å². The predicted octanol–water partition coefficient (Wildman–Crippen LogP) is -8.39. The van der Waals surface area contributed by atoms with Gasteiger partial charge in [-0.05, 0) is 0 Å². The van der Waals surface area contributed by atoms with Crippen LogP contribution in [0.5, 0.6) is 0 Å². The predicted molar refractivity (Wildman–Crippen MR) is 85.8 cm³/mol. The van der Waals surface area contributed by atoms with E-state index in [1.165, 1.54) is 0 Å². The monoisotopic (exact) mass is 660 g/mol. The van der Waals surface area contributed by atoms with Crippen LogP contribution in [0.15, 0.2) is 0 Å². The molecular formula is H13Na2O24P7. The van der Waals surface area contributed by atoms with Gasteiger partial charge in [0.2, 0.25) is 0 Å². The van der Waals surface area contributed by atoms with Crippen molar-refractivity contribution >= 4 is 54.8 Å². The van der Waals surface area contributed by atoms with E-state index < -0.39 is 54.8 Å². The third kappa shape index (κ3) is 25.0. The molecular weight excluding hydrogens is 647 g/mol. The van der Waals surface area contributed by atoms with E-state index in [1.54, 1.807) is 0 Å². The topological polar surface area (TPSA) is 423 Å². The molecule has 0 bridgehead atoms. The molecule has 1 saturated heterocycles. The van der Waals surface area contributed by atoms with E-state index in [9.17, 15) is 27.4 Å². The van der Waals surface area contributed by atoms with Crippen LogP contribution < -0.4 is 64.0 Å². The molecule has 0 aliphatic carbocycles. The van der Waals surface area contributed by atoms with Crippen LogP contribution >= 0.6 is 54.8 Å². The van der Waals surface area contributed by atoms with Crippen LogP contribution in [0.1, 0.15) is 1.43 Å². The van der Waals surface area contributed by atoms with Crippen molar-refractivity contribution in [2.75, 3.05) is 0 Å². The van der Waals surface area contributed by atoms with Gasteiger partial charge in [0, 0.05) is 0 Å². The molecule has 0 radical (unpaired) electrons. The molecule has 12 N–H and O–H groups in total. The van der Waals surface area contributed by atoms with Crippen molar-refractivity contribution in [1.29, 1.82) is 0 Å². The number of hydrogen-bond acceptors (Lipinski definition) is 14. The second-order valence-electron chi connectivity index (χ2n) is 3.79. The maximum Gasteiger partial charge on any atom is 1.00 e. The Hall–Kier alpha value is 2.93. The Morgan fingerprint density at radius 1 is 0.515 bits per heavy atom. The summed E-state index contributed by atoms with van der Waals surface area (Å²) in [5.41, 5.74) is 0. The van der Waals surface area contributed by atoms with Crippen LogP contribution in [0.2, 0.25) is 0 Å². The molecule has 1 fully saturated rings. The first kappa shape index (κ1) is 45.8. The van der Waals surface area contributed by atoms with Gasteiger partial charge in [0.05, 0.1) is 0 Å². The van der Waals surface area contributed by atoms with Crippen molar-refractivity contribution in [3.05, 3.63) is 0 Å². The molecule has 0 saturated carbocycles. The Morgan fingerprint density at radius 3 is 0.636 bits per heavy atom. The molecule has 33 heteroatoms. The summed E-state index contributed by atoms with van der Waals surface area (Å²) >= 11 is 0. The fraction of sp³-hybridized carbons (Fsp3) is 0. The number of rotatable bonds is 0. The summed E-state index contributed by atoms with van der Waals surface area (Å²) in [6.07, 6.45) is 0. The fourth-order valence-electron chi connectivity index (χ4n) is 0.872. The van der Waals surface area contributed by atoms with Gasteiger partial charge in [-0.25, -0.2) is 27.4 Å². The molecule has 1 heterocycles. The first-order chi connectivity index (χ1) is 12.2. The van der Waals surface area contributed by atoms with E-state index in [2.05, 4.69) is 25.9 Å². The van der Waals surface area contributed by atoms with Crippen molar-refractivity contribution in [3.63, 3.8) is 0 Å². The van der Waals surface area contributed by atoms with Crippen LogP contribution in [0, 0.1) is 0 Å². The number of hydrogen-bond donors (Lipinski definition) is 8. The summed E-state index contributed by atoms with van der Waals surface area (Å²) in [5.74, 6) is 0. The number of phosphoric acid groups is 7. The maximum absolute atomic E-state index is 11.2. The molecule has 194 valence electrons. The molecule has 24 nitrogen and oxygen atoms in total. The van der Waals surface area contributed by atoms with Crippen LogP contribution in [0.25, 0.3) is 0 Å². The Balaban J connectivity index is -0.000000178. The summed E-state index contributed by atoms with van der Waals surface area (Å²) in [7, 11) is -41.5. The standard InChI is InChI=1S/2Na.H6O18P6.H3O4P.2H2O.H/c;;1-19(2)13-20(3,4)15-22(7,8)17-24(11,12)18-23(9,10)16-21(5,6)14-19;1-5(2,3)4;;;/h;;(H,1,2)(H,3,4)(H,5,6)(H,7,8)(H,9,10)(H,11,12);(H3,1,2,3,4);2*1H2;/q2*+1;;;;;-1/p-1. The minimum Gasteiger partial charge on any atom is -1.00 e. The Labute approximate surface area is 226 Å². The van der Waals surface area contributed by atoms with Gasteiger partial charge in [0.15, 0.2) is 0 Å². The van der Waals surface area contributed by atoms with Crippen LogP contribution in [0.3, 0.4) is 0 Å². The van der Waals surface area contributed by atoms with Gasteiger partial charge in [-0.2, -0.15) is 25.9 Å². The van der Waals surface area contributed by atoms with Crippen molar-refractivity contribution in [3.8, 4) is 0 Å². The smallest absolute Gasteiger partial charge is 1.00 e. The van der Waals surface area contributed by atoms with Crippen LogP contribution in [0.4, 0.5) is 0 Å². The first-order valence-electron chi connectivity index (χ1n) is 5.25. The largest absolute Gasteiger partial charge is 1.00 e. The molecule has 0 aromatic rings. The zero-order chi connectivity index (χ0) is 23.7. The molecule has 0 spiro atoms. The zero-order valence-electron chi connectivity index (χ0n) is 16.4. The average molecular weight is 660 g/mol. The van der Waals surface area contributed by atoms with Gasteiger partial charge in [-0.3, -0.25) is 4.57 Å². The van der Waals surface area contributed by atoms with Crippen LogP contribution in [-0.4, -0.2) is 50.1 Å². The van der Waals surface area contributed by atoms with E-state index in [-0.39, 0.29) is 71.5 Å². The van der Waals surface area contributed by atoms with Crippen molar-refractivity contribution in [1.82, 2.24) is 0 Å². The van der Waals surface area contributed by atoms with Crippen molar-refractivity contribution in [2.45, 2.75) is 0 Å². The van der Waals surface area contributed by atoms with Crippen molar-refractivity contribution in [2.24, 2.45) is 0 Å². The Morgan fingerprint density at radius 2 is 0.576 bits per heavy atom. The first-order valence-corrected chi connectivity index (χ1v) is 15.8. The van der Waals surface area contributed by atoms with Gasteiger partial charge in [0.25, 0.3) is 7.82 Å². The van der Waals surface area contributed by atoms with E-state index in [0.717, 1.165) is 0 Å². The molecule has 0 aromatic heterocycles. The molecule has 0 aromatic carbocycles. The summed E-state index contributed by atoms with van der Waals surface area (Å²) in [5, 5.41) is 0. The molecule has 1 rings (SSSR count). The SMILES string of the molecule is O.O.O=P([O-])(O)O.O=P1(O)OP(=O)(O)OP(=O)(O)OP(=O)(O)OP(=O)(O)OP(=O)(O)O1.[H-].[Na+].[Na+]. The van der Waals surface area contributed by atoms with Crippen molar-refractivity contribution < 1.29 is 173 Å². The summed E-state index contributed by atoms with van der Waals surface area (Å²) < 4.78 is 95.7. The van der Waals surface area contributed by atoms with Crippen LogP contribution in [-0.2, 0) is 57.8 Å². The summed E-state index contributed by atoms with van der Waals surface area (Å²) in [6, 6.07) is 0. The van der Waals surface area contributed by atoms with E-state index in [0.29, 0.717) is 0 Å². The normalized spacial score (nSPS) is 42.0. The third-order valence-electron chi connectivity index (χ3n) is 1.24. The van der Waals surface area contributed by atoms with E-state index in [1.807, 2.05) is 0 Å². The van der Waals surface area contributed by atoms with E-state index >= 15 is 0 Å². The maximum atomic E-state index is 11.2. The zero-order valence-corrected chi connectivity index (χ0v) is 25.7. The average Bonchev–Trinajstić information content (AvgIpc) is 2.10. The van der Waals surface area contributed by atoms with Gasteiger partial charge in [0.1, 0.15) is 0 Å². The molecule has 33 heavy (non-hydrogen) atoms.